The van der Waals surface area contributed by atoms with Crippen LogP contribution in [-0.2, 0) is 9.53 Å². The van der Waals surface area contributed by atoms with Crippen LogP contribution in [0.1, 0.15) is 44.6 Å². The summed E-state index contributed by atoms with van der Waals surface area (Å²) in [5, 5.41) is 4.36. The van der Waals surface area contributed by atoms with E-state index in [0.717, 1.165) is 29.8 Å². The summed E-state index contributed by atoms with van der Waals surface area (Å²) >= 11 is 6.14. The van der Waals surface area contributed by atoms with Crippen molar-refractivity contribution in [2.24, 2.45) is 5.92 Å². The van der Waals surface area contributed by atoms with Crippen LogP contribution in [0.5, 0.6) is 0 Å². The molecule has 0 radical (unpaired) electrons. The number of fused-ring (bicyclic) bond motifs is 2. The second kappa shape index (κ2) is 5.62. The van der Waals surface area contributed by atoms with Crippen molar-refractivity contribution in [2.75, 3.05) is 6.61 Å². The number of carbonyl (C=O) groups is 1. The lowest BCUT2D eigenvalue weighted by atomic mass is 9.70. The number of hydrogen-bond acceptors (Lipinski definition) is 3. The Morgan fingerprint density at radius 1 is 1.52 bits per heavy atom. The molecule has 21 heavy (non-hydrogen) atoms. The fourth-order valence-corrected chi connectivity index (χ4v) is 4.31. The highest BCUT2D eigenvalue weighted by Crippen LogP contribution is 2.48. The molecule has 1 aromatic rings. The third kappa shape index (κ3) is 2.69. The van der Waals surface area contributed by atoms with Crippen LogP contribution >= 0.6 is 11.6 Å². The summed E-state index contributed by atoms with van der Waals surface area (Å²) in [4.78, 5) is 12.6. The highest BCUT2D eigenvalue weighted by Gasteiger charge is 2.53. The van der Waals surface area contributed by atoms with Crippen LogP contribution in [-0.4, -0.2) is 24.2 Å². The van der Waals surface area contributed by atoms with Crippen LogP contribution in [0.4, 0.5) is 0 Å². The summed E-state index contributed by atoms with van der Waals surface area (Å²) in [6.45, 7) is 4.45. The van der Waals surface area contributed by atoms with Gasteiger partial charge in [0, 0.05) is 22.5 Å². The molecule has 0 amide bonds. The predicted octanol–water partition coefficient (Wildman–Crippen LogP) is 3.52. The van der Waals surface area contributed by atoms with Gasteiger partial charge in [0.1, 0.15) is 0 Å². The molecule has 0 aliphatic carbocycles. The number of carbonyl (C=O) groups excluding carboxylic acids is 1. The first-order valence-corrected chi connectivity index (χ1v) is 8.11. The molecule has 0 aromatic heterocycles. The van der Waals surface area contributed by atoms with Crippen molar-refractivity contribution in [1.29, 1.82) is 0 Å². The maximum absolute atomic E-state index is 12.6. The zero-order valence-electron chi connectivity index (χ0n) is 12.6. The third-order valence-corrected chi connectivity index (χ3v) is 5.23. The van der Waals surface area contributed by atoms with E-state index >= 15 is 0 Å². The fourth-order valence-electron chi connectivity index (χ4n) is 4.12. The van der Waals surface area contributed by atoms with Gasteiger partial charge < -0.3 is 10.1 Å². The Morgan fingerprint density at radius 2 is 2.33 bits per heavy atom. The van der Waals surface area contributed by atoms with E-state index in [9.17, 15) is 4.79 Å². The van der Waals surface area contributed by atoms with E-state index in [1.54, 1.807) is 0 Å². The molecular weight excluding hydrogens is 286 g/mol. The Kier molecular flexibility index (Phi) is 3.98. The number of ether oxygens (including phenoxy) is 1. The summed E-state index contributed by atoms with van der Waals surface area (Å²) in [5.74, 6) is -0.0472. The van der Waals surface area contributed by atoms with E-state index in [0.29, 0.717) is 12.6 Å². The third-order valence-electron chi connectivity index (χ3n) is 4.99. The maximum Gasteiger partial charge on any atom is 0.311 e. The first kappa shape index (κ1) is 14.9. The summed E-state index contributed by atoms with van der Waals surface area (Å²) in [5.41, 5.74) is 0.988. The van der Waals surface area contributed by atoms with Crippen molar-refractivity contribution in [3.63, 3.8) is 0 Å². The van der Waals surface area contributed by atoms with Gasteiger partial charge in [-0.2, -0.15) is 0 Å². The topological polar surface area (TPSA) is 38.3 Å². The molecule has 3 rings (SSSR count). The predicted molar refractivity (Wildman–Crippen MR) is 83.5 cm³/mol. The molecule has 2 saturated heterocycles. The highest BCUT2D eigenvalue weighted by molar-refractivity contribution is 6.30. The minimum absolute atomic E-state index is 0.0853. The standard InChI is InChI=1S/C17H22ClNO2/c1-3-21-16(20)15-14(11-5-4-6-12(18)9-11)10-13-7-8-17(15,2)19-13/h4-6,9,13-15,19H,3,7-8,10H2,1-2H3/t13?,14-,15+,17?/m0/s1. The molecule has 2 aliphatic heterocycles. The van der Waals surface area contributed by atoms with Gasteiger partial charge in [-0.25, -0.2) is 0 Å². The molecule has 0 spiro atoms. The van der Waals surface area contributed by atoms with Gasteiger partial charge in [-0.1, -0.05) is 23.7 Å². The summed E-state index contributed by atoms with van der Waals surface area (Å²) in [6.07, 6.45) is 3.13. The zero-order valence-corrected chi connectivity index (χ0v) is 13.3. The van der Waals surface area contributed by atoms with E-state index < -0.39 is 0 Å². The van der Waals surface area contributed by atoms with E-state index in [1.807, 2.05) is 25.1 Å². The van der Waals surface area contributed by atoms with Crippen LogP contribution in [0.15, 0.2) is 24.3 Å². The number of nitrogens with one attached hydrogen (secondary N) is 1. The quantitative estimate of drug-likeness (QED) is 0.868. The minimum Gasteiger partial charge on any atom is -0.466 e. The van der Waals surface area contributed by atoms with Crippen LogP contribution in [0, 0.1) is 5.92 Å². The SMILES string of the molecule is CCOC(=O)[C@H]1[C@H](c2cccc(Cl)c2)CC2CCC1(C)N2. The monoisotopic (exact) mass is 307 g/mol. The van der Waals surface area contributed by atoms with E-state index in [-0.39, 0.29) is 23.3 Å². The number of piperidine rings is 1. The van der Waals surface area contributed by atoms with Gasteiger partial charge in [-0.15, -0.1) is 0 Å². The summed E-state index contributed by atoms with van der Waals surface area (Å²) < 4.78 is 5.37. The largest absolute Gasteiger partial charge is 0.466 e. The lowest BCUT2D eigenvalue weighted by Crippen LogP contribution is -2.56. The van der Waals surface area contributed by atoms with E-state index in [2.05, 4.69) is 18.3 Å². The van der Waals surface area contributed by atoms with Gasteiger partial charge in [0.2, 0.25) is 0 Å². The Labute approximate surface area is 131 Å². The Balaban J connectivity index is 1.98. The molecule has 2 unspecified atom stereocenters. The average molecular weight is 308 g/mol. The molecule has 2 heterocycles. The molecule has 4 heteroatoms. The van der Waals surface area contributed by atoms with Crippen LogP contribution in [0.3, 0.4) is 0 Å². The molecule has 114 valence electrons. The second-order valence-electron chi connectivity index (χ2n) is 6.42. The number of esters is 1. The molecule has 2 fully saturated rings. The molecule has 4 atom stereocenters. The molecule has 1 N–H and O–H groups in total. The maximum atomic E-state index is 12.6. The van der Waals surface area contributed by atoms with Gasteiger partial charge in [-0.05, 0) is 50.8 Å². The van der Waals surface area contributed by atoms with Crippen molar-refractivity contribution in [1.82, 2.24) is 5.32 Å². The van der Waals surface area contributed by atoms with Gasteiger partial charge in [0.25, 0.3) is 0 Å². The minimum atomic E-state index is -0.165. The molecule has 2 bridgehead atoms. The molecule has 0 saturated carbocycles. The molecular formula is C17H22ClNO2. The average Bonchev–Trinajstić information content (AvgIpc) is 2.74. The lowest BCUT2D eigenvalue weighted by molar-refractivity contribution is -0.152. The first-order chi connectivity index (χ1) is 10.0. The second-order valence-corrected chi connectivity index (χ2v) is 6.86. The molecule has 3 nitrogen and oxygen atoms in total. The number of hydrogen-bond donors (Lipinski definition) is 1. The Hall–Kier alpha value is -1.06. The smallest absolute Gasteiger partial charge is 0.311 e. The Morgan fingerprint density at radius 3 is 3.05 bits per heavy atom. The van der Waals surface area contributed by atoms with Gasteiger partial charge in [0.05, 0.1) is 12.5 Å². The van der Waals surface area contributed by atoms with Crippen molar-refractivity contribution in [3.05, 3.63) is 34.9 Å². The zero-order chi connectivity index (χ0) is 15.0. The van der Waals surface area contributed by atoms with Gasteiger partial charge >= 0.3 is 5.97 Å². The van der Waals surface area contributed by atoms with Crippen molar-refractivity contribution < 1.29 is 9.53 Å². The normalized spacial score (nSPS) is 34.7. The van der Waals surface area contributed by atoms with Crippen molar-refractivity contribution in [2.45, 2.75) is 50.6 Å². The number of rotatable bonds is 3. The first-order valence-electron chi connectivity index (χ1n) is 7.73. The highest BCUT2D eigenvalue weighted by atomic mass is 35.5. The summed E-state index contributed by atoms with van der Waals surface area (Å²) in [6, 6.07) is 8.40. The number of benzene rings is 1. The van der Waals surface area contributed by atoms with Crippen LogP contribution in [0.2, 0.25) is 5.02 Å². The molecule has 1 aromatic carbocycles. The fraction of sp³-hybridized carbons (Fsp3) is 0.588. The molecule has 2 aliphatic rings. The lowest BCUT2D eigenvalue weighted by Gasteiger charge is -2.43. The van der Waals surface area contributed by atoms with Crippen LogP contribution in [0.25, 0.3) is 0 Å². The van der Waals surface area contributed by atoms with Crippen molar-refractivity contribution >= 4 is 17.6 Å². The van der Waals surface area contributed by atoms with Gasteiger partial charge in [0.15, 0.2) is 0 Å². The van der Waals surface area contributed by atoms with Gasteiger partial charge in [-0.3, -0.25) is 4.79 Å². The number of halogens is 1. The van der Waals surface area contributed by atoms with E-state index in [1.165, 1.54) is 0 Å². The summed E-state index contributed by atoms with van der Waals surface area (Å²) in [7, 11) is 0. The van der Waals surface area contributed by atoms with E-state index in [4.69, 9.17) is 16.3 Å². The Bertz CT molecular complexity index is 547. The van der Waals surface area contributed by atoms with Crippen LogP contribution < -0.4 is 5.32 Å². The van der Waals surface area contributed by atoms with Crippen molar-refractivity contribution in [3.8, 4) is 0 Å².